The van der Waals surface area contributed by atoms with Crippen LogP contribution in [-0.2, 0) is 6.54 Å². The Balaban J connectivity index is 1.42. The number of carboxylic acids is 1. The van der Waals surface area contributed by atoms with Crippen LogP contribution in [-0.4, -0.2) is 62.6 Å². The smallest absolute Gasteiger partial charge is 0.337 e. The van der Waals surface area contributed by atoms with Crippen molar-refractivity contribution < 1.29 is 19.1 Å². The molecule has 214 valence electrons. The number of fused-ring (bicyclic) bond motifs is 1. The van der Waals surface area contributed by atoms with Gasteiger partial charge in [0.15, 0.2) is 0 Å². The lowest BCUT2D eigenvalue weighted by molar-refractivity contribution is 0.0692. The minimum Gasteiger partial charge on any atom is -0.478 e. The number of carbonyl (C=O) groups is 2. The van der Waals surface area contributed by atoms with Crippen molar-refractivity contribution in [2.75, 3.05) is 31.1 Å². The quantitative estimate of drug-likeness (QED) is 0.296. The average molecular weight is 578 g/mol. The molecule has 0 radical (unpaired) electrons. The van der Waals surface area contributed by atoms with E-state index in [0.717, 1.165) is 16.5 Å². The molecule has 0 atom stereocenters. The molecular formula is C31H33ClFN5O3. The number of amides is 1. The van der Waals surface area contributed by atoms with Crippen molar-refractivity contribution in [3.63, 3.8) is 0 Å². The number of anilines is 1. The van der Waals surface area contributed by atoms with Gasteiger partial charge in [0.05, 0.1) is 16.3 Å². The Hall–Kier alpha value is -3.98. The third-order valence-electron chi connectivity index (χ3n) is 7.52. The summed E-state index contributed by atoms with van der Waals surface area (Å²) >= 11 is 5.93. The molecular weight excluding hydrogens is 545 g/mol. The van der Waals surface area contributed by atoms with Crippen molar-refractivity contribution in [2.45, 2.75) is 41.2 Å². The van der Waals surface area contributed by atoms with Gasteiger partial charge in [0.2, 0.25) is 0 Å². The molecule has 5 rings (SSSR count). The highest BCUT2D eigenvalue weighted by atomic mass is 35.5. The lowest BCUT2D eigenvalue weighted by Crippen LogP contribution is -2.49. The summed E-state index contributed by atoms with van der Waals surface area (Å²) in [6.45, 7) is 12.4. The molecule has 1 fully saturated rings. The lowest BCUT2D eigenvalue weighted by atomic mass is 10.0. The summed E-state index contributed by atoms with van der Waals surface area (Å²) in [6, 6.07) is 8.53. The van der Waals surface area contributed by atoms with E-state index < -0.39 is 11.8 Å². The van der Waals surface area contributed by atoms with Gasteiger partial charge in [0, 0.05) is 49.9 Å². The van der Waals surface area contributed by atoms with Crippen molar-refractivity contribution in [3.05, 3.63) is 75.4 Å². The molecule has 0 aliphatic carbocycles. The largest absolute Gasteiger partial charge is 0.478 e. The van der Waals surface area contributed by atoms with Gasteiger partial charge in [0.1, 0.15) is 23.0 Å². The lowest BCUT2D eigenvalue weighted by Gasteiger charge is -2.35. The Morgan fingerprint density at radius 3 is 2.34 bits per heavy atom. The first-order valence-corrected chi connectivity index (χ1v) is 14.0. The van der Waals surface area contributed by atoms with Gasteiger partial charge in [-0.25, -0.2) is 19.2 Å². The van der Waals surface area contributed by atoms with Crippen molar-refractivity contribution in [1.29, 1.82) is 0 Å². The topological polar surface area (TPSA) is 91.6 Å². The van der Waals surface area contributed by atoms with Gasteiger partial charge in [0.25, 0.3) is 5.91 Å². The van der Waals surface area contributed by atoms with E-state index in [0.29, 0.717) is 72.6 Å². The SMILES string of the molecule is Cc1cc2c(-c3ccc(Cl)c(F)c3)cn(CC(C)C)c2nc1C(=O)N1CCN(c2cc(C)c(C(=O)O)c(C)n2)CC1. The molecule has 4 aromatic rings. The number of nitrogens with zero attached hydrogens (tertiary/aromatic N) is 5. The Kier molecular flexibility index (Phi) is 7.74. The van der Waals surface area contributed by atoms with E-state index in [4.69, 9.17) is 16.6 Å². The fourth-order valence-electron chi connectivity index (χ4n) is 5.54. The first-order valence-electron chi connectivity index (χ1n) is 13.7. The van der Waals surface area contributed by atoms with Crippen molar-refractivity contribution in [2.24, 2.45) is 5.92 Å². The standard InChI is InChI=1S/C31H33ClFN5O3/c1-17(2)15-38-16-23(21-6-7-24(32)25(33)14-21)22-12-19(4)28(35-29(22)38)30(39)37-10-8-36(9-11-37)26-13-18(3)27(31(40)41)20(5)34-26/h6-7,12-14,16-17H,8-11,15H2,1-5H3,(H,40,41). The Labute approximate surface area is 243 Å². The second-order valence-corrected chi connectivity index (χ2v) is 11.5. The summed E-state index contributed by atoms with van der Waals surface area (Å²) < 4.78 is 16.4. The maximum Gasteiger partial charge on any atom is 0.337 e. The van der Waals surface area contributed by atoms with E-state index in [-0.39, 0.29) is 16.5 Å². The average Bonchev–Trinajstić information content (AvgIpc) is 3.25. The zero-order chi connectivity index (χ0) is 29.6. The molecule has 1 saturated heterocycles. The molecule has 0 spiro atoms. The number of carbonyl (C=O) groups excluding carboxylic acids is 1. The third-order valence-corrected chi connectivity index (χ3v) is 7.83. The number of hydrogen-bond acceptors (Lipinski definition) is 5. The number of pyridine rings is 2. The first kappa shape index (κ1) is 28.5. The van der Waals surface area contributed by atoms with Crippen LogP contribution in [0.15, 0.2) is 36.5 Å². The monoisotopic (exact) mass is 577 g/mol. The normalized spacial score (nSPS) is 13.9. The zero-order valence-corrected chi connectivity index (χ0v) is 24.6. The Morgan fingerprint density at radius 2 is 1.73 bits per heavy atom. The van der Waals surface area contributed by atoms with E-state index in [1.165, 1.54) is 6.07 Å². The fraction of sp³-hybridized carbons (Fsp3) is 0.355. The Bertz CT molecular complexity index is 1650. The summed E-state index contributed by atoms with van der Waals surface area (Å²) in [5, 5.41) is 10.4. The van der Waals surface area contributed by atoms with Crippen molar-refractivity contribution in [3.8, 4) is 11.1 Å². The van der Waals surface area contributed by atoms with E-state index in [1.807, 2.05) is 23.8 Å². The van der Waals surface area contributed by atoms with Crippen LogP contribution in [0, 0.1) is 32.5 Å². The van der Waals surface area contributed by atoms with Gasteiger partial charge in [-0.05, 0) is 67.6 Å². The van der Waals surface area contributed by atoms with Gasteiger partial charge in [-0.1, -0.05) is 31.5 Å². The number of aromatic carboxylic acids is 1. The fourth-order valence-corrected chi connectivity index (χ4v) is 5.65. The first-order chi connectivity index (χ1) is 19.4. The number of hydrogen-bond donors (Lipinski definition) is 1. The van der Waals surface area contributed by atoms with E-state index in [1.54, 1.807) is 36.9 Å². The third kappa shape index (κ3) is 5.51. The number of benzene rings is 1. The highest BCUT2D eigenvalue weighted by molar-refractivity contribution is 6.30. The van der Waals surface area contributed by atoms with E-state index in [2.05, 4.69) is 23.7 Å². The molecule has 1 N–H and O–H groups in total. The maximum atomic E-state index is 14.3. The number of carboxylic acid groups (broad SMARTS) is 1. The summed E-state index contributed by atoms with van der Waals surface area (Å²) in [7, 11) is 0. The van der Waals surface area contributed by atoms with Gasteiger partial charge in [-0.15, -0.1) is 0 Å². The molecule has 0 saturated carbocycles. The van der Waals surface area contributed by atoms with Crippen LogP contribution in [0.25, 0.3) is 22.2 Å². The molecule has 0 bridgehead atoms. The number of aromatic nitrogens is 3. The molecule has 1 aromatic carbocycles. The van der Waals surface area contributed by atoms with Gasteiger partial charge in [-0.3, -0.25) is 4.79 Å². The molecule has 41 heavy (non-hydrogen) atoms. The molecule has 0 unspecified atom stereocenters. The summed E-state index contributed by atoms with van der Waals surface area (Å²) in [4.78, 5) is 38.5. The molecule has 1 aliphatic rings. The molecule has 4 heterocycles. The Morgan fingerprint density at radius 1 is 1.02 bits per heavy atom. The van der Waals surface area contributed by atoms with Crippen LogP contribution in [0.4, 0.5) is 10.2 Å². The maximum absolute atomic E-state index is 14.3. The highest BCUT2D eigenvalue weighted by Gasteiger charge is 2.27. The summed E-state index contributed by atoms with van der Waals surface area (Å²) in [5.74, 6) is -0.558. The van der Waals surface area contributed by atoms with Gasteiger partial charge < -0.3 is 19.5 Å². The number of aryl methyl sites for hydroxylation is 3. The van der Waals surface area contributed by atoms with Crippen LogP contribution in [0.2, 0.25) is 5.02 Å². The van der Waals surface area contributed by atoms with E-state index in [9.17, 15) is 19.1 Å². The van der Waals surface area contributed by atoms with E-state index >= 15 is 0 Å². The molecule has 3 aromatic heterocycles. The highest BCUT2D eigenvalue weighted by Crippen LogP contribution is 2.34. The predicted octanol–water partition coefficient (Wildman–Crippen LogP) is 6.13. The molecule has 1 amide bonds. The number of rotatable bonds is 6. The summed E-state index contributed by atoms with van der Waals surface area (Å²) in [6.07, 6.45) is 1.97. The van der Waals surface area contributed by atoms with Crippen molar-refractivity contribution in [1.82, 2.24) is 19.4 Å². The second kappa shape index (κ2) is 11.1. The van der Waals surface area contributed by atoms with Crippen LogP contribution in [0.1, 0.15) is 51.5 Å². The number of halogens is 2. The van der Waals surface area contributed by atoms with Crippen LogP contribution >= 0.6 is 11.6 Å². The van der Waals surface area contributed by atoms with Gasteiger partial charge >= 0.3 is 5.97 Å². The van der Waals surface area contributed by atoms with Crippen LogP contribution < -0.4 is 4.90 Å². The molecule has 10 heteroatoms. The number of piperazine rings is 1. The van der Waals surface area contributed by atoms with Crippen molar-refractivity contribution >= 4 is 40.3 Å². The van der Waals surface area contributed by atoms with Gasteiger partial charge in [-0.2, -0.15) is 0 Å². The second-order valence-electron chi connectivity index (χ2n) is 11.1. The predicted molar refractivity (Wildman–Crippen MR) is 158 cm³/mol. The minimum absolute atomic E-state index is 0.0697. The molecule has 8 nitrogen and oxygen atoms in total. The zero-order valence-electron chi connectivity index (χ0n) is 23.8. The minimum atomic E-state index is -0.985. The van der Waals surface area contributed by atoms with Crippen LogP contribution in [0.3, 0.4) is 0 Å². The molecule has 1 aliphatic heterocycles. The summed E-state index contributed by atoms with van der Waals surface area (Å²) in [5.41, 5.74) is 4.74. The van der Waals surface area contributed by atoms with Crippen LogP contribution in [0.5, 0.6) is 0 Å².